The van der Waals surface area contributed by atoms with Gasteiger partial charge in [0.1, 0.15) is 6.54 Å². The lowest BCUT2D eigenvalue weighted by Gasteiger charge is -2.07. The number of hydrogen-bond donors (Lipinski definition) is 2. The number of carboxylic acid groups (broad SMARTS) is 1. The van der Waals surface area contributed by atoms with Crippen molar-refractivity contribution in [1.29, 1.82) is 0 Å². The van der Waals surface area contributed by atoms with Gasteiger partial charge in [-0.25, -0.2) is 8.42 Å². The molecular weight excluding hydrogens is 162 g/mol. The molecule has 0 radical (unpaired) electrons. The molecule has 0 heterocycles. The molecule has 0 fully saturated rings. The second kappa shape index (κ2) is 2.95. The summed E-state index contributed by atoms with van der Waals surface area (Å²) in [5, 5.41) is 16.4. The molecule has 0 aliphatic rings. The molecule has 10 heavy (non-hydrogen) atoms. The third-order valence-electron chi connectivity index (χ3n) is 0.653. The van der Waals surface area contributed by atoms with E-state index in [1.54, 1.807) is 0 Å². The van der Waals surface area contributed by atoms with Crippen molar-refractivity contribution in [3.05, 3.63) is 0 Å². The van der Waals surface area contributed by atoms with E-state index < -0.39 is 22.5 Å². The lowest BCUT2D eigenvalue weighted by atomic mass is 10.7. The Morgan fingerprint density at radius 2 is 2.00 bits per heavy atom. The number of carbonyl (C=O) groups is 1. The second-order valence-corrected chi connectivity index (χ2v) is 3.52. The molecule has 0 aliphatic carbocycles. The van der Waals surface area contributed by atoms with Crippen LogP contribution in [-0.2, 0) is 14.8 Å². The van der Waals surface area contributed by atoms with Crippen molar-refractivity contribution in [2.75, 3.05) is 12.8 Å². The number of sulfonamides is 1. The molecule has 0 amide bonds. The molecule has 0 bridgehead atoms. The van der Waals surface area contributed by atoms with Crippen molar-refractivity contribution in [2.45, 2.75) is 0 Å². The van der Waals surface area contributed by atoms with Crippen LogP contribution in [0.4, 0.5) is 0 Å². The average Bonchev–Trinajstić information content (AvgIpc) is 1.60. The monoisotopic (exact) mass is 169 g/mol. The lowest BCUT2D eigenvalue weighted by Crippen LogP contribution is -2.31. The fraction of sp³-hybridized carbons (Fsp3) is 0.667. The fourth-order valence-corrected chi connectivity index (χ4v) is 0.578. The van der Waals surface area contributed by atoms with Crippen LogP contribution in [0.15, 0.2) is 0 Å². The first-order chi connectivity index (χ1) is 4.34. The molecular formula is C3H7NO5S. The van der Waals surface area contributed by atoms with Gasteiger partial charge >= 0.3 is 5.97 Å². The smallest absolute Gasteiger partial charge is 0.321 e. The van der Waals surface area contributed by atoms with Crippen LogP contribution in [0.1, 0.15) is 0 Å². The van der Waals surface area contributed by atoms with Crippen molar-refractivity contribution in [3.8, 4) is 0 Å². The number of nitrogens with zero attached hydrogens (tertiary/aromatic N) is 1. The average molecular weight is 169 g/mol. The van der Waals surface area contributed by atoms with E-state index in [0.29, 0.717) is 6.26 Å². The van der Waals surface area contributed by atoms with Gasteiger partial charge in [0.2, 0.25) is 10.0 Å². The van der Waals surface area contributed by atoms with Crippen LogP contribution >= 0.6 is 0 Å². The molecule has 0 unspecified atom stereocenters. The van der Waals surface area contributed by atoms with Crippen LogP contribution < -0.4 is 0 Å². The van der Waals surface area contributed by atoms with Crippen molar-refractivity contribution in [3.63, 3.8) is 0 Å². The van der Waals surface area contributed by atoms with Gasteiger partial charge in [-0.05, 0) is 0 Å². The fourth-order valence-electron chi connectivity index (χ4n) is 0.233. The molecule has 2 N–H and O–H groups in total. The van der Waals surface area contributed by atoms with Gasteiger partial charge in [0, 0.05) is 0 Å². The molecule has 0 saturated carbocycles. The Morgan fingerprint density at radius 1 is 1.60 bits per heavy atom. The number of aliphatic carboxylic acids is 1. The Balaban J connectivity index is 4.12. The van der Waals surface area contributed by atoms with Crippen LogP contribution in [0, 0.1) is 0 Å². The molecule has 0 aromatic rings. The van der Waals surface area contributed by atoms with Crippen molar-refractivity contribution in [2.24, 2.45) is 0 Å². The molecule has 0 spiro atoms. The van der Waals surface area contributed by atoms with Gasteiger partial charge in [-0.3, -0.25) is 10.0 Å². The van der Waals surface area contributed by atoms with Crippen LogP contribution in [0.5, 0.6) is 0 Å². The first kappa shape index (κ1) is 9.34. The minimum atomic E-state index is -3.79. The van der Waals surface area contributed by atoms with Gasteiger partial charge in [0.15, 0.2) is 0 Å². The quantitative estimate of drug-likeness (QED) is 0.513. The Morgan fingerprint density at radius 3 is 2.10 bits per heavy atom. The summed E-state index contributed by atoms with van der Waals surface area (Å²) >= 11 is 0. The van der Waals surface area contributed by atoms with Crippen molar-refractivity contribution in [1.82, 2.24) is 4.47 Å². The third-order valence-corrected chi connectivity index (χ3v) is 1.55. The zero-order chi connectivity index (χ0) is 8.36. The Bertz CT molecular complexity index is 219. The van der Waals surface area contributed by atoms with Crippen molar-refractivity contribution >= 4 is 16.0 Å². The first-order valence-corrected chi connectivity index (χ1v) is 4.07. The van der Waals surface area contributed by atoms with E-state index in [0.717, 1.165) is 0 Å². The number of carboxylic acids is 1. The Labute approximate surface area is 57.7 Å². The SMILES string of the molecule is CS(=O)(=O)N(O)CC(=O)O. The molecule has 0 atom stereocenters. The lowest BCUT2D eigenvalue weighted by molar-refractivity contribution is -0.142. The van der Waals surface area contributed by atoms with E-state index in [-0.39, 0.29) is 4.47 Å². The summed E-state index contributed by atoms with van der Waals surface area (Å²) in [7, 11) is -3.79. The van der Waals surface area contributed by atoms with E-state index in [4.69, 9.17) is 10.3 Å². The highest BCUT2D eigenvalue weighted by atomic mass is 32.2. The maximum absolute atomic E-state index is 10.3. The largest absolute Gasteiger partial charge is 0.480 e. The number of hydrogen-bond acceptors (Lipinski definition) is 4. The molecule has 60 valence electrons. The zero-order valence-corrected chi connectivity index (χ0v) is 6.00. The zero-order valence-electron chi connectivity index (χ0n) is 5.18. The van der Waals surface area contributed by atoms with Crippen LogP contribution in [0.25, 0.3) is 0 Å². The molecule has 0 saturated heterocycles. The van der Waals surface area contributed by atoms with E-state index >= 15 is 0 Å². The van der Waals surface area contributed by atoms with E-state index in [2.05, 4.69) is 0 Å². The van der Waals surface area contributed by atoms with Crippen molar-refractivity contribution < 1.29 is 23.5 Å². The van der Waals surface area contributed by atoms with Gasteiger partial charge in [0.25, 0.3) is 0 Å². The highest BCUT2D eigenvalue weighted by Crippen LogP contribution is 1.89. The second-order valence-electron chi connectivity index (χ2n) is 1.64. The summed E-state index contributed by atoms with van der Waals surface area (Å²) in [4.78, 5) is 9.79. The number of rotatable bonds is 3. The van der Waals surface area contributed by atoms with Gasteiger partial charge in [-0.1, -0.05) is 4.47 Å². The summed E-state index contributed by atoms with van der Waals surface area (Å²) in [5.41, 5.74) is 0. The Kier molecular flexibility index (Phi) is 2.76. The summed E-state index contributed by atoms with van der Waals surface area (Å²) in [6.45, 7) is -0.932. The predicted octanol–water partition coefficient (Wildman–Crippen LogP) is -1.28. The standard InChI is InChI=1S/C3H7NO5S/c1-10(8,9)4(7)2-3(5)6/h7H,2H2,1H3,(H,5,6). The molecule has 0 rings (SSSR count). The number of hydroxylamine groups is 1. The summed E-state index contributed by atoms with van der Waals surface area (Å²) in [6.07, 6.45) is 0.704. The summed E-state index contributed by atoms with van der Waals surface area (Å²) in [5.74, 6) is -1.41. The predicted molar refractivity (Wildman–Crippen MR) is 31.0 cm³/mol. The highest BCUT2D eigenvalue weighted by Gasteiger charge is 2.15. The minimum Gasteiger partial charge on any atom is -0.480 e. The third kappa shape index (κ3) is 3.38. The molecule has 0 aliphatic heterocycles. The van der Waals surface area contributed by atoms with Crippen LogP contribution in [0.2, 0.25) is 0 Å². The topological polar surface area (TPSA) is 94.9 Å². The summed E-state index contributed by atoms with van der Waals surface area (Å²) < 4.78 is 20.3. The highest BCUT2D eigenvalue weighted by molar-refractivity contribution is 7.88. The normalized spacial score (nSPS) is 11.9. The first-order valence-electron chi connectivity index (χ1n) is 2.22. The van der Waals surface area contributed by atoms with E-state index in [9.17, 15) is 13.2 Å². The van der Waals surface area contributed by atoms with Crippen LogP contribution in [0.3, 0.4) is 0 Å². The molecule has 0 aromatic heterocycles. The summed E-state index contributed by atoms with van der Waals surface area (Å²) in [6, 6.07) is 0. The van der Waals surface area contributed by atoms with Gasteiger partial charge in [-0.2, -0.15) is 0 Å². The molecule has 6 nitrogen and oxygen atoms in total. The van der Waals surface area contributed by atoms with E-state index in [1.165, 1.54) is 0 Å². The maximum atomic E-state index is 10.3. The minimum absolute atomic E-state index is 0.241. The molecule has 7 heteroatoms. The van der Waals surface area contributed by atoms with Crippen LogP contribution in [-0.4, -0.2) is 42.0 Å². The molecule has 0 aromatic carbocycles. The maximum Gasteiger partial charge on any atom is 0.321 e. The van der Waals surface area contributed by atoms with Gasteiger partial charge in [0.05, 0.1) is 6.26 Å². The van der Waals surface area contributed by atoms with Gasteiger partial charge in [-0.15, -0.1) is 0 Å². The van der Waals surface area contributed by atoms with Gasteiger partial charge < -0.3 is 5.11 Å². The van der Waals surface area contributed by atoms with E-state index in [1.807, 2.05) is 0 Å². The Hall–Kier alpha value is -0.660.